The number of benzene rings is 1. The van der Waals surface area contributed by atoms with E-state index >= 15 is 0 Å². The maximum absolute atomic E-state index is 12.0. The quantitative estimate of drug-likeness (QED) is 0.482. The lowest BCUT2D eigenvalue weighted by molar-refractivity contribution is -0.117. The highest BCUT2D eigenvalue weighted by atomic mass is 16.5. The molecule has 1 aromatic carbocycles. The highest BCUT2D eigenvalue weighted by Gasteiger charge is 2.08. The minimum absolute atomic E-state index is 0.0813. The molecule has 0 atom stereocenters. The smallest absolute Gasteiger partial charge is 0.261 e. The second-order valence-corrected chi connectivity index (χ2v) is 4.85. The number of nitrogens with one attached hydrogen (secondary N) is 1. The number of ether oxygens (including phenoxy) is 1. The predicted molar refractivity (Wildman–Crippen MR) is 86.4 cm³/mol. The molecule has 0 bridgehead atoms. The number of aryl methyl sites for hydroxylation is 1. The zero-order chi connectivity index (χ0) is 16.5. The van der Waals surface area contributed by atoms with E-state index in [-0.39, 0.29) is 11.5 Å². The van der Waals surface area contributed by atoms with Crippen LogP contribution in [-0.4, -0.2) is 29.1 Å². The molecular formula is C17H18N4O2. The third-order valence-electron chi connectivity index (χ3n) is 3.23. The molecule has 0 aliphatic rings. The Morgan fingerprint density at radius 3 is 2.83 bits per heavy atom. The van der Waals surface area contributed by atoms with Crippen molar-refractivity contribution in [3.05, 3.63) is 54.1 Å². The summed E-state index contributed by atoms with van der Waals surface area (Å²) in [5.41, 5.74) is 0.855. The number of hydrogen-bond acceptors (Lipinski definition) is 4. The van der Waals surface area contributed by atoms with E-state index in [4.69, 9.17) is 10.00 Å². The van der Waals surface area contributed by atoms with Gasteiger partial charge in [0.2, 0.25) is 0 Å². The van der Waals surface area contributed by atoms with E-state index in [0.29, 0.717) is 6.54 Å². The highest BCUT2D eigenvalue weighted by Crippen LogP contribution is 2.13. The fourth-order valence-corrected chi connectivity index (χ4v) is 1.99. The number of hydrogen-bond donors (Lipinski definition) is 1. The number of aromatic nitrogens is 2. The number of carbonyl (C=O) groups excluding carboxylic acids is 1. The van der Waals surface area contributed by atoms with Gasteiger partial charge in [0, 0.05) is 25.5 Å². The molecule has 0 radical (unpaired) electrons. The summed E-state index contributed by atoms with van der Waals surface area (Å²) in [5, 5.41) is 11.9. The third kappa shape index (κ3) is 5.00. The summed E-state index contributed by atoms with van der Waals surface area (Å²) in [5.74, 6) is 0.360. The van der Waals surface area contributed by atoms with Gasteiger partial charge in [0.1, 0.15) is 17.4 Å². The third-order valence-corrected chi connectivity index (χ3v) is 3.23. The molecule has 0 unspecified atom stereocenters. The van der Waals surface area contributed by atoms with Crippen molar-refractivity contribution < 1.29 is 9.53 Å². The monoisotopic (exact) mass is 310 g/mol. The summed E-state index contributed by atoms with van der Waals surface area (Å²) in [6.07, 6.45) is 7.64. The Balaban J connectivity index is 1.87. The molecule has 0 aliphatic carbocycles. The van der Waals surface area contributed by atoms with Crippen LogP contribution in [0.1, 0.15) is 12.0 Å². The van der Waals surface area contributed by atoms with Crippen molar-refractivity contribution >= 4 is 12.0 Å². The van der Waals surface area contributed by atoms with Gasteiger partial charge in [-0.2, -0.15) is 5.26 Å². The minimum atomic E-state index is -0.367. The van der Waals surface area contributed by atoms with Crippen molar-refractivity contribution in [3.63, 3.8) is 0 Å². The normalized spacial score (nSPS) is 10.9. The zero-order valence-electron chi connectivity index (χ0n) is 12.9. The molecule has 1 N–H and O–H groups in total. The van der Waals surface area contributed by atoms with Crippen LogP contribution in [0.15, 0.2) is 48.6 Å². The van der Waals surface area contributed by atoms with E-state index in [1.807, 2.05) is 16.8 Å². The number of methoxy groups -OCH3 is 1. The first kappa shape index (κ1) is 16.3. The van der Waals surface area contributed by atoms with Gasteiger partial charge in [0.05, 0.1) is 13.4 Å². The molecule has 0 saturated carbocycles. The topological polar surface area (TPSA) is 79.9 Å². The number of nitriles is 1. The van der Waals surface area contributed by atoms with Gasteiger partial charge in [-0.25, -0.2) is 4.98 Å². The van der Waals surface area contributed by atoms with E-state index in [9.17, 15) is 4.79 Å². The van der Waals surface area contributed by atoms with Gasteiger partial charge in [-0.15, -0.1) is 0 Å². The molecule has 6 heteroatoms. The fraction of sp³-hybridized carbons (Fsp3) is 0.235. The summed E-state index contributed by atoms with van der Waals surface area (Å²) in [7, 11) is 1.59. The Kier molecular flexibility index (Phi) is 5.95. The number of amides is 1. The van der Waals surface area contributed by atoms with Crippen molar-refractivity contribution in [2.24, 2.45) is 0 Å². The SMILES string of the molecule is COc1ccc(/C=C(\C#N)C(=O)NCCCn2ccnc2)cc1. The second kappa shape index (κ2) is 8.39. The molecular weight excluding hydrogens is 292 g/mol. The van der Waals surface area contributed by atoms with Crippen LogP contribution in [0.5, 0.6) is 5.75 Å². The molecule has 0 aliphatic heterocycles. The van der Waals surface area contributed by atoms with Gasteiger partial charge in [0.25, 0.3) is 5.91 Å². The highest BCUT2D eigenvalue weighted by molar-refractivity contribution is 6.01. The molecule has 0 spiro atoms. The van der Waals surface area contributed by atoms with Crippen LogP contribution >= 0.6 is 0 Å². The first-order valence-corrected chi connectivity index (χ1v) is 7.22. The van der Waals surface area contributed by atoms with Crippen LogP contribution in [0.3, 0.4) is 0 Å². The Bertz CT molecular complexity index is 697. The Labute approximate surface area is 135 Å². The lowest BCUT2D eigenvalue weighted by Gasteiger charge is -2.05. The second-order valence-electron chi connectivity index (χ2n) is 4.85. The van der Waals surface area contributed by atoms with Crippen LogP contribution in [0.4, 0.5) is 0 Å². The van der Waals surface area contributed by atoms with Crippen LogP contribution in [0.25, 0.3) is 6.08 Å². The summed E-state index contributed by atoms with van der Waals surface area (Å²) in [6.45, 7) is 1.27. The van der Waals surface area contributed by atoms with Crippen molar-refractivity contribution in [1.82, 2.24) is 14.9 Å². The Morgan fingerprint density at radius 2 is 2.22 bits per heavy atom. The Hall–Kier alpha value is -3.07. The lowest BCUT2D eigenvalue weighted by Crippen LogP contribution is -2.26. The number of carbonyl (C=O) groups is 1. The first-order chi connectivity index (χ1) is 11.2. The number of imidazole rings is 1. The largest absolute Gasteiger partial charge is 0.497 e. The average Bonchev–Trinajstić information content (AvgIpc) is 3.10. The maximum Gasteiger partial charge on any atom is 0.261 e. The Morgan fingerprint density at radius 1 is 1.43 bits per heavy atom. The number of rotatable bonds is 7. The summed E-state index contributed by atoms with van der Waals surface area (Å²) < 4.78 is 7.01. The molecule has 2 aromatic rings. The number of nitrogens with zero attached hydrogens (tertiary/aromatic N) is 3. The molecule has 6 nitrogen and oxygen atoms in total. The van der Waals surface area contributed by atoms with Crippen LogP contribution in [-0.2, 0) is 11.3 Å². The van der Waals surface area contributed by atoms with E-state index in [1.54, 1.807) is 50.0 Å². The minimum Gasteiger partial charge on any atom is -0.497 e. The summed E-state index contributed by atoms with van der Waals surface area (Å²) in [4.78, 5) is 16.0. The molecule has 1 amide bonds. The van der Waals surface area contributed by atoms with Crippen molar-refractivity contribution in [2.45, 2.75) is 13.0 Å². The molecule has 1 aromatic heterocycles. The maximum atomic E-state index is 12.0. The van der Waals surface area contributed by atoms with Crippen molar-refractivity contribution in [3.8, 4) is 11.8 Å². The van der Waals surface area contributed by atoms with Crippen LogP contribution in [0.2, 0.25) is 0 Å². The molecule has 118 valence electrons. The van der Waals surface area contributed by atoms with Crippen molar-refractivity contribution in [2.75, 3.05) is 13.7 Å². The first-order valence-electron chi connectivity index (χ1n) is 7.22. The van der Waals surface area contributed by atoms with Crippen LogP contribution < -0.4 is 10.1 Å². The van der Waals surface area contributed by atoms with Gasteiger partial charge in [-0.1, -0.05) is 12.1 Å². The van der Waals surface area contributed by atoms with E-state index in [1.165, 1.54) is 0 Å². The van der Waals surface area contributed by atoms with Gasteiger partial charge in [-0.05, 0) is 30.2 Å². The average molecular weight is 310 g/mol. The molecule has 2 rings (SSSR count). The van der Waals surface area contributed by atoms with E-state index in [0.717, 1.165) is 24.3 Å². The van der Waals surface area contributed by atoms with E-state index in [2.05, 4.69) is 10.3 Å². The van der Waals surface area contributed by atoms with Gasteiger partial charge >= 0.3 is 0 Å². The molecule has 0 saturated heterocycles. The summed E-state index contributed by atoms with van der Waals surface area (Å²) >= 11 is 0. The van der Waals surface area contributed by atoms with Gasteiger partial charge in [0.15, 0.2) is 0 Å². The van der Waals surface area contributed by atoms with Gasteiger partial charge < -0.3 is 14.6 Å². The zero-order valence-corrected chi connectivity index (χ0v) is 12.9. The van der Waals surface area contributed by atoms with E-state index < -0.39 is 0 Å². The lowest BCUT2D eigenvalue weighted by atomic mass is 10.1. The predicted octanol–water partition coefficient (Wildman–Crippen LogP) is 2.01. The van der Waals surface area contributed by atoms with Gasteiger partial charge in [-0.3, -0.25) is 4.79 Å². The summed E-state index contributed by atoms with van der Waals surface area (Å²) in [6, 6.07) is 9.09. The van der Waals surface area contributed by atoms with Crippen LogP contribution in [0, 0.1) is 11.3 Å². The standard InChI is InChI=1S/C17H18N4O2/c1-23-16-5-3-14(4-6-16)11-15(12-18)17(22)20-7-2-9-21-10-8-19-13-21/h3-6,8,10-11,13H,2,7,9H2,1H3,(H,20,22)/b15-11+. The molecule has 0 fully saturated rings. The van der Waals surface area contributed by atoms with Crippen molar-refractivity contribution in [1.29, 1.82) is 5.26 Å². The molecule has 1 heterocycles. The molecule has 23 heavy (non-hydrogen) atoms. The fourth-order valence-electron chi connectivity index (χ4n) is 1.99.